The minimum Gasteiger partial charge on any atom is -0.479 e. The number of carbonyl (C=O) groups is 1. The third kappa shape index (κ3) is 2.80. The monoisotopic (exact) mass is 336 g/mol. The number of rotatable bonds is 3. The van der Waals surface area contributed by atoms with Gasteiger partial charge >= 0.3 is 5.97 Å². The average Bonchev–Trinajstić information content (AvgIpc) is 2.54. The second kappa shape index (κ2) is 5.88. The lowest BCUT2D eigenvalue weighted by molar-refractivity contribution is -0.153. The normalized spacial score (nSPS) is 19.8. The van der Waals surface area contributed by atoms with Crippen molar-refractivity contribution >= 4 is 26.9 Å². The number of aromatic nitrogens is 1. The highest BCUT2D eigenvalue weighted by Gasteiger charge is 2.35. The molecule has 1 atom stereocenters. The van der Waals surface area contributed by atoms with E-state index in [1.807, 2.05) is 6.07 Å². The first-order chi connectivity index (χ1) is 10.9. The number of nitrogens with zero attached hydrogens (tertiary/aromatic N) is 2. The van der Waals surface area contributed by atoms with E-state index >= 15 is 0 Å². The molecule has 1 saturated heterocycles. The Morgan fingerprint density at radius 1 is 1.39 bits per heavy atom. The highest BCUT2D eigenvalue weighted by atomic mass is 32.2. The number of carboxylic acids is 1. The van der Waals surface area contributed by atoms with Crippen LogP contribution in [0.2, 0.25) is 0 Å². The third-order valence-corrected chi connectivity index (χ3v) is 5.87. The first-order valence-corrected chi connectivity index (χ1v) is 8.54. The molecule has 0 spiro atoms. The summed E-state index contributed by atoms with van der Waals surface area (Å²) in [5, 5.41) is 9.78. The van der Waals surface area contributed by atoms with E-state index in [9.17, 15) is 13.2 Å². The number of carboxylic acid groups (broad SMARTS) is 1. The van der Waals surface area contributed by atoms with Crippen molar-refractivity contribution in [1.29, 1.82) is 0 Å². The van der Waals surface area contributed by atoms with Crippen LogP contribution in [0.3, 0.4) is 0 Å². The summed E-state index contributed by atoms with van der Waals surface area (Å²) in [4.78, 5) is 15.4. The predicted molar refractivity (Wildman–Crippen MR) is 82.6 cm³/mol. The number of hydrogen-bond donors (Lipinski definition) is 1. The molecule has 0 radical (unpaired) electrons. The van der Waals surface area contributed by atoms with Gasteiger partial charge in [0.1, 0.15) is 4.90 Å². The van der Waals surface area contributed by atoms with E-state index in [0.29, 0.717) is 11.1 Å². The maximum absolute atomic E-state index is 13.0. The zero-order valence-electron chi connectivity index (χ0n) is 12.5. The van der Waals surface area contributed by atoms with Gasteiger partial charge in [0.2, 0.25) is 10.0 Å². The molecule has 2 heterocycles. The van der Waals surface area contributed by atoms with Crippen LogP contribution < -0.4 is 0 Å². The molecule has 23 heavy (non-hydrogen) atoms. The predicted octanol–water partition coefficient (Wildman–Crippen LogP) is 1.02. The van der Waals surface area contributed by atoms with Gasteiger partial charge in [0.05, 0.1) is 18.7 Å². The average molecular weight is 336 g/mol. The van der Waals surface area contributed by atoms with Gasteiger partial charge in [-0.05, 0) is 18.6 Å². The van der Waals surface area contributed by atoms with Crippen LogP contribution in [0.1, 0.15) is 5.56 Å². The number of hydrogen-bond acceptors (Lipinski definition) is 5. The summed E-state index contributed by atoms with van der Waals surface area (Å²) in [6.07, 6.45) is 0.391. The Labute approximate surface area is 133 Å². The summed E-state index contributed by atoms with van der Waals surface area (Å²) < 4.78 is 32.3. The van der Waals surface area contributed by atoms with Crippen LogP contribution in [0.4, 0.5) is 0 Å². The Hall–Kier alpha value is -2.03. The number of benzene rings is 1. The van der Waals surface area contributed by atoms with Gasteiger partial charge in [0, 0.05) is 18.1 Å². The fourth-order valence-electron chi connectivity index (χ4n) is 2.67. The molecule has 7 nitrogen and oxygen atoms in total. The van der Waals surface area contributed by atoms with E-state index in [1.54, 1.807) is 31.3 Å². The van der Waals surface area contributed by atoms with Gasteiger partial charge in [-0.1, -0.05) is 18.2 Å². The number of pyridine rings is 1. The maximum atomic E-state index is 13.0. The first kappa shape index (κ1) is 15.9. The van der Waals surface area contributed by atoms with Gasteiger partial charge < -0.3 is 9.84 Å². The van der Waals surface area contributed by atoms with Crippen molar-refractivity contribution in [3.05, 3.63) is 36.0 Å². The summed E-state index contributed by atoms with van der Waals surface area (Å²) in [5.74, 6) is -1.17. The van der Waals surface area contributed by atoms with Crippen LogP contribution in [-0.2, 0) is 19.6 Å². The fraction of sp³-hybridized carbons (Fsp3) is 0.333. The van der Waals surface area contributed by atoms with Gasteiger partial charge in [-0.2, -0.15) is 4.31 Å². The van der Waals surface area contributed by atoms with E-state index in [1.165, 1.54) is 0 Å². The molecular weight excluding hydrogens is 320 g/mol. The SMILES string of the molecule is Cc1ccc2cccnc2c1S(=O)(=O)N1CCOC(C(=O)O)C1. The van der Waals surface area contributed by atoms with Crippen LogP contribution in [-0.4, -0.2) is 54.6 Å². The number of sulfonamides is 1. The van der Waals surface area contributed by atoms with E-state index in [4.69, 9.17) is 9.84 Å². The van der Waals surface area contributed by atoms with Crippen molar-refractivity contribution in [3.63, 3.8) is 0 Å². The molecule has 1 fully saturated rings. The van der Waals surface area contributed by atoms with Gasteiger partial charge in [0.15, 0.2) is 6.10 Å². The summed E-state index contributed by atoms with van der Waals surface area (Å²) in [5.41, 5.74) is 0.973. The van der Waals surface area contributed by atoms with Gasteiger partial charge in [-0.25, -0.2) is 13.2 Å². The van der Waals surface area contributed by atoms with Crippen molar-refractivity contribution in [1.82, 2.24) is 9.29 Å². The second-order valence-electron chi connectivity index (χ2n) is 5.35. The Morgan fingerprint density at radius 3 is 2.91 bits per heavy atom. The fourth-order valence-corrected chi connectivity index (χ4v) is 4.46. The van der Waals surface area contributed by atoms with E-state index < -0.39 is 22.1 Å². The zero-order valence-corrected chi connectivity index (χ0v) is 13.3. The van der Waals surface area contributed by atoms with E-state index in [2.05, 4.69) is 4.98 Å². The largest absolute Gasteiger partial charge is 0.479 e. The minimum atomic E-state index is -3.86. The van der Waals surface area contributed by atoms with Gasteiger partial charge in [-0.15, -0.1) is 0 Å². The van der Waals surface area contributed by atoms with Crippen molar-refractivity contribution in [3.8, 4) is 0 Å². The number of aliphatic carboxylic acids is 1. The smallest absolute Gasteiger partial charge is 0.334 e. The maximum Gasteiger partial charge on any atom is 0.334 e. The molecule has 1 aliphatic heterocycles. The summed E-state index contributed by atoms with van der Waals surface area (Å²) in [6.45, 7) is 1.67. The highest BCUT2D eigenvalue weighted by molar-refractivity contribution is 7.89. The summed E-state index contributed by atoms with van der Waals surface area (Å²) >= 11 is 0. The lowest BCUT2D eigenvalue weighted by atomic mass is 10.1. The molecule has 0 amide bonds. The minimum absolute atomic E-state index is 0.0490. The number of fused-ring (bicyclic) bond motifs is 1. The van der Waals surface area contributed by atoms with Crippen LogP contribution in [0.5, 0.6) is 0 Å². The lowest BCUT2D eigenvalue weighted by Crippen LogP contribution is -2.48. The molecule has 3 rings (SSSR count). The molecule has 1 aromatic carbocycles. The molecule has 1 aliphatic rings. The highest BCUT2D eigenvalue weighted by Crippen LogP contribution is 2.28. The van der Waals surface area contributed by atoms with E-state index in [0.717, 1.165) is 9.69 Å². The Kier molecular flexibility index (Phi) is 4.05. The second-order valence-corrected chi connectivity index (χ2v) is 7.22. The van der Waals surface area contributed by atoms with Crippen LogP contribution >= 0.6 is 0 Å². The Bertz CT molecular complexity index is 865. The molecule has 2 aromatic rings. The molecule has 1 N–H and O–H groups in total. The molecule has 8 heteroatoms. The third-order valence-electron chi connectivity index (χ3n) is 3.83. The van der Waals surface area contributed by atoms with Crippen molar-refractivity contribution in [2.24, 2.45) is 0 Å². The van der Waals surface area contributed by atoms with Crippen molar-refractivity contribution in [2.45, 2.75) is 17.9 Å². The lowest BCUT2D eigenvalue weighted by Gasteiger charge is -2.30. The molecule has 0 saturated carbocycles. The quantitative estimate of drug-likeness (QED) is 0.899. The van der Waals surface area contributed by atoms with Crippen LogP contribution in [0.25, 0.3) is 10.9 Å². The Balaban J connectivity index is 2.10. The molecular formula is C15H16N2O5S. The van der Waals surface area contributed by atoms with Crippen LogP contribution in [0.15, 0.2) is 35.4 Å². The summed E-state index contributed by atoms with van der Waals surface area (Å²) in [6, 6.07) is 7.07. The van der Waals surface area contributed by atoms with Crippen LogP contribution in [0, 0.1) is 6.92 Å². The summed E-state index contributed by atoms with van der Waals surface area (Å²) in [7, 11) is -3.86. The van der Waals surface area contributed by atoms with Gasteiger partial charge in [-0.3, -0.25) is 4.98 Å². The Morgan fingerprint density at radius 2 is 2.17 bits per heavy atom. The number of morpholine rings is 1. The molecule has 1 unspecified atom stereocenters. The molecule has 1 aromatic heterocycles. The van der Waals surface area contributed by atoms with E-state index in [-0.39, 0.29) is 24.6 Å². The zero-order chi connectivity index (χ0) is 16.6. The molecule has 122 valence electrons. The van der Waals surface area contributed by atoms with Gasteiger partial charge in [0.25, 0.3) is 0 Å². The number of ether oxygens (including phenoxy) is 1. The number of aryl methyl sites for hydroxylation is 1. The van der Waals surface area contributed by atoms with Crippen molar-refractivity contribution < 1.29 is 23.1 Å². The van der Waals surface area contributed by atoms with Crippen molar-refractivity contribution in [2.75, 3.05) is 19.7 Å². The first-order valence-electron chi connectivity index (χ1n) is 7.10. The molecule has 0 bridgehead atoms. The topological polar surface area (TPSA) is 96.8 Å². The standard InChI is InChI=1S/C15H16N2O5S/c1-10-4-5-11-3-2-6-16-13(11)14(10)23(20,21)17-7-8-22-12(9-17)15(18)19/h2-6,12H,7-9H2,1H3,(H,18,19). The molecule has 0 aliphatic carbocycles.